The molecule has 0 amide bonds. The quantitative estimate of drug-likeness (QED) is 0.776. The fraction of sp³-hybridized carbons (Fsp3) is 0.0714. The molecule has 4 nitrogen and oxygen atoms in total. The van der Waals surface area contributed by atoms with Crippen LogP contribution < -0.4 is 14.2 Å². The Labute approximate surface area is 104 Å². The van der Waals surface area contributed by atoms with Gasteiger partial charge in [-0.15, -0.1) is 0 Å². The summed E-state index contributed by atoms with van der Waals surface area (Å²) in [5.41, 5.74) is 0.501. The van der Waals surface area contributed by atoms with Crippen molar-refractivity contribution in [1.82, 2.24) is 0 Å². The van der Waals surface area contributed by atoms with Crippen molar-refractivity contribution in [2.75, 3.05) is 6.79 Å². The number of benzene rings is 2. The predicted octanol–water partition coefficient (Wildman–Crippen LogP) is 3.02. The van der Waals surface area contributed by atoms with E-state index >= 15 is 0 Å². The first-order valence-electron chi connectivity index (χ1n) is 5.48. The highest BCUT2D eigenvalue weighted by Gasteiger charge is 2.14. The van der Waals surface area contributed by atoms with Crippen molar-refractivity contribution in [3.05, 3.63) is 48.0 Å². The Morgan fingerprint density at radius 1 is 1.06 bits per heavy atom. The van der Waals surface area contributed by atoms with Crippen molar-refractivity contribution < 1.29 is 19.0 Å². The lowest BCUT2D eigenvalue weighted by Gasteiger charge is -2.19. The Morgan fingerprint density at radius 3 is 2.83 bits per heavy atom. The molecule has 0 saturated heterocycles. The predicted molar refractivity (Wildman–Crippen MR) is 64.5 cm³/mol. The van der Waals surface area contributed by atoms with E-state index in [1.54, 1.807) is 36.4 Å². The van der Waals surface area contributed by atoms with Gasteiger partial charge in [-0.25, -0.2) is 0 Å². The number of hydrogen-bond donors (Lipinski definition) is 0. The maximum absolute atomic E-state index is 10.9. The van der Waals surface area contributed by atoms with Crippen LogP contribution in [0.15, 0.2) is 42.5 Å². The fourth-order valence-electron chi connectivity index (χ4n) is 1.73. The summed E-state index contributed by atoms with van der Waals surface area (Å²) in [7, 11) is 0. The number of carbonyl (C=O) groups is 1. The third-order valence-corrected chi connectivity index (χ3v) is 2.62. The van der Waals surface area contributed by atoms with E-state index in [1.165, 1.54) is 0 Å². The van der Waals surface area contributed by atoms with Gasteiger partial charge in [-0.2, -0.15) is 0 Å². The number of para-hydroxylation sites is 1. The topological polar surface area (TPSA) is 44.8 Å². The summed E-state index contributed by atoms with van der Waals surface area (Å²) >= 11 is 0. The number of rotatable bonds is 3. The zero-order valence-electron chi connectivity index (χ0n) is 9.46. The molecular formula is C14H10O4. The van der Waals surface area contributed by atoms with Gasteiger partial charge in [0, 0.05) is 6.07 Å². The van der Waals surface area contributed by atoms with Crippen LogP contribution in [0.1, 0.15) is 10.4 Å². The van der Waals surface area contributed by atoms with Crippen molar-refractivity contribution in [3.63, 3.8) is 0 Å². The molecule has 3 rings (SSSR count). The molecule has 90 valence electrons. The molecule has 4 heteroatoms. The van der Waals surface area contributed by atoms with Crippen LogP contribution in [0.5, 0.6) is 23.0 Å². The van der Waals surface area contributed by atoms with Gasteiger partial charge < -0.3 is 14.2 Å². The first-order chi connectivity index (χ1) is 8.86. The van der Waals surface area contributed by atoms with E-state index in [0.717, 1.165) is 12.0 Å². The van der Waals surface area contributed by atoms with Crippen molar-refractivity contribution in [1.29, 1.82) is 0 Å². The molecule has 0 fully saturated rings. The Morgan fingerprint density at radius 2 is 1.94 bits per heavy atom. The SMILES string of the molecule is O=Cc1ccccc1Oc1ccc2cc1OCO2. The average Bonchev–Trinajstić information content (AvgIpc) is 2.43. The van der Waals surface area contributed by atoms with E-state index in [4.69, 9.17) is 14.2 Å². The smallest absolute Gasteiger partial charge is 0.231 e. The molecule has 1 aliphatic heterocycles. The summed E-state index contributed by atoms with van der Waals surface area (Å²) < 4.78 is 16.2. The van der Waals surface area contributed by atoms with E-state index in [1.807, 2.05) is 6.07 Å². The third kappa shape index (κ3) is 1.88. The first kappa shape index (κ1) is 10.7. The highest BCUT2D eigenvalue weighted by molar-refractivity contribution is 5.79. The number of hydrogen-bond acceptors (Lipinski definition) is 4. The van der Waals surface area contributed by atoms with Crippen LogP contribution >= 0.6 is 0 Å². The van der Waals surface area contributed by atoms with E-state index < -0.39 is 0 Å². The summed E-state index contributed by atoms with van der Waals surface area (Å²) in [4.78, 5) is 10.9. The van der Waals surface area contributed by atoms with Crippen molar-refractivity contribution in [2.45, 2.75) is 0 Å². The molecule has 0 unspecified atom stereocenters. The van der Waals surface area contributed by atoms with Gasteiger partial charge >= 0.3 is 0 Å². The summed E-state index contributed by atoms with van der Waals surface area (Å²) in [5.74, 6) is 2.43. The Kier molecular flexibility index (Phi) is 2.61. The van der Waals surface area contributed by atoms with Crippen molar-refractivity contribution in [3.8, 4) is 23.0 Å². The third-order valence-electron chi connectivity index (χ3n) is 2.62. The van der Waals surface area contributed by atoms with Crippen LogP contribution in [0.2, 0.25) is 0 Å². The normalized spacial score (nSPS) is 12.2. The molecule has 0 aliphatic carbocycles. The van der Waals surface area contributed by atoms with E-state index in [9.17, 15) is 4.79 Å². The van der Waals surface area contributed by atoms with Crippen LogP contribution in [0, 0.1) is 0 Å². The summed E-state index contributed by atoms with van der Waals surface area (Å²) in [6, 6.07) is 12.3. The van der Waals surface area contributed by atoms with Gasteiger partial charge in [0.1, 0.15) is 11.5 Å². The molecular weight excluding hydrogens is 232 g/mol. The van der Waals surface area contributed by atoms with E-state index in [0.29, 0.717) is 22.8 Å². The average molecular weight is 242 g/mol. The van der Waals surface area contributed by atoms with Gasteiger partial charge in [-0.3, -0.25) is 4.79 Å². The zero-order chi connectivity index (χ0) is 12.4. The second-order valence-corrected chi connectivity index (χ2v) is 3.77. The molecule has 1 aliphatic rings. The largest absolute Gasteiger partial charge is 0.457 e. The lowest BCUT2D eigenvalue weighted by Crippen LogP contribution is -2.10. The Bertz CT molecular complexity index is 592. The number of aldehydes is 1. The van der Waals surface area contributed by atoms with Crippen molar-refractivity contribution in [2.24, 2.45) is 0 Å². The van der Waals surface area contributed by atoms with Crippen molar-refractivity contribution >= 4 is 6.29 Å². The van der Waals surface area contributed by atoms with Crippen LogP contribution in [0.25, 0.3) is 0 Å². The molecule has 0 saturated carbocycles. The van der Waals surface area contributed by atoms with Crippen LogP contribution in [-0.2, 0) is 0 Å². The molecule has 18 heavy (non-hydrogen) atoms. The molecule has 0 N–H and O–H groups in total. The molecule has 0 radical (unpaired) electrons. The van der Waals surface area contributed by atoms with Gasteiger partial charge in [-0.05, 0) is 24.3 Å². The standard InChI is InChI=1S/C14H10O4/c15-8-10-3-1-2-4-12(10)18-13-6-5-11-7-14(13)17-9-16-11/h1-8H,9H2. The second kappa shape index (κ2) is 4.41. The molecule has 0 spiro atoms. The molecule has 0 atom stereocenters. The zero-order valence-corrected chi connectivity index (χ0v) is 9.46. The van der Waals surface area contributed by atoms with Crippen LogP contribution in [-0.4, -0.2) is 13.1 Å². The molecule has 2 bridgehead atoms. The highest BCUT2D eigenvalue weighted by Crippen LogP contribution is 2.37. The minimum Gasteiger partial charge on any atom is -0.457 e. The lowest BCUT2D eigenvalue weighted by atomic mass is 10.2. The van der Waals surface area contributed by atoms with E-state index in [2.05, 4.69) is 0 Å². The Hall–Kier alpha value is -2.49. The molecule has 2 aromatic rings. The van der Waals surface area contributed by atoms with Gasteiger partial charge in [0.15, 0.2) is 17.8 Å². The maximum Gasteiger partial charge on any atom is 0.231 e. The number of ether oxygens (including phenoxy) is 3. The van der Waals surface area contributed by atoms with Gasteiger partial charge in [-0.1, -0.05) is 12.1 Å². The van der Waals surface area contributed by atoms with Gasteiger partial charge in [0.05, 0.1) is 5.56 Å². The number of fused-ring (bicyclic) bond motifs is 2. The van der Waals surface area contributed by atoms with Crippen LogP contribution in [0.4, 0.5) is 0 Å². The minimum atomic E-state index is 0.174. The minimum absolute atomic E-state index is 0.174. The molecule has 2 aromatic carbocycles. The number of carbonyl (C=O) groups excluding carboxylic acids is 1. The summed E-state index contributed by atoms with van der Waals surface area (Å²) in [6.07, 6.45) is 0.763. The fourth-order valence-corrected chi connectivity index (χ4v) is 1.73. The van der Waals surface area contributed by atoms with Gasteiger partial charge in [0.2, 0.25) is 6.79 Å². The molecule has 1 heterocycles. The Balaban J connectivity index is 1.95. The summed E-state index contributed by atoms with van der Waals surface area (Å²) in [6.45, 7) is 0.174. The lowest BCUT2D eigenvalue weighted by molar-refractivity contribution is 0.102. The molecule has 0 aromatic heterocycles. The first-order valence-corrected chi connectivity index (χ1v) is 5.48. The summed E-state index contributed by atoms with van der Waals surface area (Å²) in [5, 5.41) is 0. The highest BCUT2D eigenvalue weighted by atomic mass is 16.7. The monoisotopic (exact) mass is 242 g/mol. The van der Waals surface area contributed by atoms with E-state index in [-0.39, 0.29) is 6.79 Å². The van der Waals surface area contributed by atoms with Gasteiger partial charge in [0.25, 0.3) is 0 Å². The maximum atomic E-state index is 10.9. The second-order valence-electron chi connectivity index (χ2n) is 3.77. The van der Waals surface area contributed by atoms with Crippen LogP contribution in [0.3, 0.4) is 0 Å².